The highest BCUT2D eigenvalue weighted by Gasteiger charge is 2.26. The standard InChI is InChI=1S/C19H14N4O4S2/c24-16(21-18-20-15(11-28-18)13-7-3-1-4-8-13)12-29(25,26)19-23-22-17(27-19)14-9-5-2-6-10-14/h1-11H,12H2,(H,20,21,24). The lowest BCUT2D eigenvalue weighted by molar-refractivity contribution is -0.113. The molecule has 1 N–H and O–H groups in total. The molecule has 0 saturated heterocycles. The van der Waals surface area contributed by atoms with Gasteiger partial charge in [0.2, 0.25) is 21.6 Å². The Morgan fingerprint density at radius 3 is 2.31 bits per heavy atom. The fourth-order valence-electron chi connectivity index (χ4n) is 2.50. The van der Waals surface area contributed by atoms with Gasteiger partial charge in [-0.3, -0.25) is 4.79 Å². The maximum Gasteiger partial charge on any atom is 0.336 e. The van der Waals surface area contributed by atoms with E-state index in [4.69, 9.17) is 4.42 Å². The molecular weight excluding hydrogens is 412 g/mol. The number of hydrogen-bond donors (Lipinski definition) is 1. The van der Waals surface area contributed by atoms with E-state index in [1.165, 1.54) is 11.3 Å². The first-order valence-electron chi connectivity index (χ1n) is 8.44. The van der Waals surface area contributed by atoms with Gasteiger partial charge in [-0.25, -0.2) is 13.4 Å². The van der Waals surface area contributed by atoms with Crippen molar-refractivity contribution in [2.24, 2.45) is 0 Å². The van der Waals surface area contributed by atoms with Crippen molar-refractivity contribution < 1.29 is 17.6 Å². The van der Waals surface area contributed by atoms with Crippen LogP contribution in [0.25, 0.3) is 22.7 Å². The molecule has 10 heteroatoms. The van der Waals surface area contributed by atoms with Crippen molar-refractivity contribution in [3.63, 3.8) is 0 Å². The number of carbonyl (C=O) groups excluding carboxylic acids is 1. The first-order chi connectivity index (χ1) is 14.0. The number of carbonyl (C=O) groups is 1. The molecule has 2 aromatic heterocycles. The van der Waals surface area contributed by atoms with Crippen molar-refractivity contribution in [2.75, 3.05) is 11.1 Å². The van der Waals surface area contributed by atoms with Crippen LogP contribution in [0.5, 0.6) is 0 Å². The summed E-state index contributed by atoms with van der Waals surface area (Å²) in [4.78, 5) is 16.5. The Bertz CT molecular complexity index is 1240. The first kappa shape index (κ1) is 19.0. The van der Waals surface area contributed by atoms with Crippen LogP contribution in [-0.2, 0) is 14.6 Å². The maximum atomic E-state index is 12.4. The number of sulfone groups is 1. The average molecular weight is 426 g/mol. The third kappa shape index (κ3) is 4.39. The summed E-state index contributed by atoms with van der Waals surface area (Å²) in [5.74, 6) is -1.50. The zero-order valence-electron chi connectivity index (χ0n) is 14.8. The Kier molecular flexibility index (Phi) is 5.19. The summed E-state index contributed by atoms with van der Waals surface area (Å²) in [6.45, 7) is 0. The number of aromatic nitrogens is 3. The Labute approximate surface area is 170 Å². The predicted molar refractivity (Wildman–Crippen MR) is 108 cm³/mol. The largest absolute Gasteiger partial charge is 0.408 e. The minimum Gasteiger partial charge on any atom is -0.408 e. The summed E-state index contributed by atoms with van der Waals surface area (Å²) in [7, 11) is -4.09. The minimum absolute atomic E-state index is 0.0667. The molecule has 146 valence electrons. The van der Waals surface area contributed by atoms with E-state index in [2.05, 4.69) is 20.5 Å². The number of benzene rings is 2. The number of thiazole rings is 1. The van der Waals surface area contributed by atoms with Gasteiger partial charge >= 0.3 is 5.22 Å². The Balaban J connectivity index is 1.44. The summed E-state index contributed by atoms with van der Waals surface area (Å²) >= 11 is 1.21. The van der Waals surface area contributed by atoms with E-state index < -0.39 is 26.7 Å². The molecular formula is C19H14N4O4S2. The second kappa shape index (κ2) is 7.94. The first-order valence-corrected chi connectivity index (χ1v) is 11.0. The van der Waals surface area contributed by atoms with Crippen LogP contribution in [0, 0.1) is 0 Å². The van der Waals surface area contributed by atoms with Crippen LogP contribution in [0.4, 0.5) is 5.13 Å². The van der Waals surface area contributed by atoms with Gasteiger partial charge in [0, 0.05) is 16.5 Å². The average Bonchev–Trinajstić information content (AvgIpc) is 3.39. The van der Waals surface area contributed by atoms with Gasteiger partial charge in [0.05, 0.1) is 5.69 Å². The molecule has 0 atom stereocenters. The van der Waals surface area contributed by atoms with Gasteiger partial charge < -0.3 is 9.73 Å². The van der Waals surface area contributed by atoms with E-state index in [1.54, 1.807) is 29.6 Å². The molecule has 0 fully saturated rings. The van der Waals surface area contributed by atoms with Gasteiger partial charge in [0.1, 0.15) is 5.75 Å². The van der Waals surface area contributed by atoms with Crippen molar-refractivity contribution in [2.45, 2.75) is 5.22 Å². The Morgan fingerprint density at radius 1 is 0.966 bits per heavy atom. The Hall–Kier alpha value is -3.37. The summed E-state index contributed by atoms with van der Waals surface area (Å²) < 4.78 is 30.1. The Morgan fingerprint density at radius 2 is 1.62 bits per heavy atom. The van der Waals surface area contributed by atoms with Gasteiger partial charge in [-0.1, -0.05) is 53.6 Å². The third-order valence-corrected chi connectivity index (χ3v) is 5.93. The molecule has 1 amide bonds. The van der Waals surface area contributed by atoms with Crippen LogP contribution in [0.2, 0.25) is 0 Å². The molecule has 0 bridgehead atoms. The van der Waals surface area contributed by atoms with Crippen molar-refractivity contribution in [1.29, 1.82) is 0 Å². The SMILES string of the molecule is O=C(CS(=O)(=O)c1nnc(-c2ccccc2)o1)Nc1nc(-c2ccccc2)cs1. The van der Waals surface area contributed by atoms with E-state index >= 15 is 0 Å². The molecule has 29 heavy (non-hydrogen) atoms. The molecule has 0 aliphatic heterocycles. The molecule has 0 aliphatic carbocycles. The van der Waals surface area contributed by atoms with Crippen LogP contribution >= 0.6 is 11.3 Å². The van der Waals surface area contributed by atoms with Gasteiger partial charge in [0.25, 0.3) is 0 Å². The fraction of sp³-hybridized carbons (Fsp3) is 0.0526. The van der Waals surface area contributed by atoms with Gasteiger partial charge in [0.15, 0.2) is 5.13 Å². The van der Waals surface area contributed by atoms with E-state index in [0.717, 1.165) is 5.56 Å². The van der Waals surface area contributed by atoms with E-state index in [9.17, 15) is 13.2 Å². The predicted octanol–water partition coefficient (Wildman–Crippen LogP) is 3.27. The van der Waals surface area contributed by atoms with E-state index in [0.29, 0.717) is 16.4 Å². The van der Waals surface area contributed by atoms with E-state index in [1.807, 2.05) is 36.4 Å². The molecule has 4 aromatic rings. The molecule has 4 rings (SSSR count). The number of hydrogen-bond acceptors (Lipinski definition) is 8. The molecule has 0 saturated carbocycles. The number of anilines is 1. The molecule has 0 radical (unpaired) electrons. The number of nitrogens with zero attached hydrogens (tertiary/aromatic N) is 3. The second-order valence-corrected chi connectivity index (χ2v) is 8.68. The monoisotopic (exact) mass is 426 g/mol. The molecule has 0 spiro atoms. The third-order valence-electron chi connectivity index (χ3n) is 3.83. The molecule has 2 heterocycles. The van der Waals surface area contributed by atoms with Crippen LogP contribution in [-0.4, -0.2) is 35.3 Å². The number of nitrogens with one attached hydrogen (secondary N) is 1. The summed E-state index contributed by atoms with van der Waals surface area (Å²) in [6.07, 6.45) is 0. The maximum absolute atomic E-state index is 12.4. The number of amides is 1. The van der Waals surface area contributed by atoms with Crippen LogP contribution in [0.15, 0.2) is 75.7 Å². The summed E-state index contributed by atoms with van der Waals surface area (Å²) in [5, 5.41) is 11.3. The number of rotatable bonds is 6. The van der Waals surface area contributed by atoms with Gasteiger partial charge in [-0.05, 0) is 12.1 Å². The van der Waals surface area contributed by atoms with E-state index in [-0.39, 0.29) is 5.89 Å². The van der Waals surface area contributed by atoms with Crippen molar-refractivity contribution >= 4 is 32.2 Å². The molecule has 2 aromatic carbocycles. The summed E-state index contributed by atoms with van der Waals surface area (Å²) in [6, 6.07) is 18.2. The van der Waals surface area contributed by atoms with Crippen molar-refractivity contribution in [3.05, 3.63) is 66.0 Å². The van der Waals surface area contributed by atoms with Crippen LogP contribution in [0.3, 0.4) is 0 Å². The lowest BCUT2D eigenvalue weighted by Gasteiger charge is -2.01. The molecule has 0 aliphatic rings. The zero-order chi connectivity index (χ0) is 20.3. The van der Waals surface area contributed by atoms with Crippen LogP contribution < -0.4 is 5.32 Å². The quantitative estimate of drug-likeness (QED) is 0.503. The van der Waals surface area contributed by atoms with Gasteiger partial charge in [-0.2, -0.15) is 0 Å². The lowest BCUT2D eigenvalue weighted by atomic mass is 10.2. The zero-order valence-corrected chi connectivity index (χ0v) is 16.5. The second-order valence-electron chi connectivity index (χ2n) is 5.95. The van der Waals surface area contributed by atoms with Crippen molar-refractivity contribution in [3.8, 4) is 22.7 Å². The lowest BCUT2D eigenvalue weighted by Crippen LogP contribution is -2.23. The minimum atomic E-state index is -4.09. The van der Waals surface area contributed by atoms with Gasteiger partial charge in [-0.15, -0.1) is 16.4 Å². The topological polar surface area (TPSA) is 115 Å². The molecule has 8 nitrogen and oxygen atoms in total. The molecule has 0 unspecified atom stereocenters. The highest BCUT2D eigenvalue weighted by atomic mass is 32.2. The highest BCUT2D eigenvalue weighted by molar-refractivity contribution is 7.91. The normalized spacial score (nSPS) is 11.3. The van der Waals surface area contributed by atoms with Crippen LogP contribution in [0.1, 0.15) is 0 Å². The smallest absolute Gasteiger partial charge is 0.336 e. The summed E-state index contributed by atoms with van der Waals surface area (Å²) in [5.41, 5.74) is 2.18. The van der Waals surface area contributed by atoms with Crippen molar-refractivity contribution in [1.82, 2.24) is 15.2 Å². The fourth-order valence-corrected chi connectivity index (χ4v) is 4.14. The highest BCUT2D eigenvalue weighted by Crippen LogP contribution is 2.25.